The Morgan fingerprint density at radius 2 is 2.15 bits per heavy atom. The summed E-state index contributed by atoms with van der Waals surface area (Å²) in [5.41, 5.74) is 4.46. The molecule has 0 radical (unpaired) electrons. The van der Waals surface area contributed by atoms with Crippen molar-refractivity contribution in [3.8, 4) is 0 Å². The van der Waals surface area contributed by atoms with Crippen molar-refractivity contribution in [1.82, 2.24) is 10.6 Å². The van der Waals surface area contributed by atoms with E-state index in [0.717, 1.165) is 50.6 Å². The molecule has 0 aromatic carbocycles. The molecule has 0 saturated carbocycles. The maximum atomic E-state index is 12.5. The smallest absolute Gasteiger partial charge is 0.320 e. The second-order valence-corrected chi connectivity index (χ2v) is 9.90. The number of aryl methyl sites for hydroxylation is 1. The van der Waals surface area contributed by atoms with Crippen LogP contribution in [0.3, 0.4) is 0 Å². The van der Waals surface area contributed by atoms with Crippen LogP contribution in [0.25, 0.3) is 0 Å². The monoisotopic (exact) mass is 401 g/mol. The van der Waals surface area contributed by atoms with Crippen LogP contribution >= 0.6 is 22.7 Å². The Kier molecular flexibility index (Phi) is 5.39. The second kappa shape index (κ2) is 7.77. The average Bonchev–Trinajstić information content (AvgIpc) is 3.15. The predicted octanol–water partition coefficient (Wildman–Crippen LogP) is 1.97. The van der Waals surface area contributed by atoms with Gasteiger partial charge in [0.25, 0.3) is 0 Å². The number of rotatable bonds is 4. The van der Waals surface area contributed by atoms with Gasteiger partial charge in [-0.05, 0) is 59.6 Å². The van der Waals surface area contributed by atoms with Crippen LogP contribution in [0.5, 0.6) is 0 Å². The van der Waals surface area contributed by atoms with Crippen LogP contribution in [-0.2, 0) is 32.4 Å². The van der Waals surface area contributed by atoms with Crippen molar-refractivity contribution in [2.45, 2.75) is 45.7 Å². The summed E-state index contributed by atoms with van der Waals surface area (Å²) in [7, 11) is 2.12. The van der Waals surface area contributed by atoms with E-state index in [-0.39, 0.29) is 6.03 Å². The van der Waals surface area contributed by atoms with Crippen LogP contribution < -0.4 is 20.7 Å². The van der Waals surface area contributed by atoms with E-state index in [1.54, 1.807) is 11.3 Å². The summed E-state index contributed by atoms with van der Waals surface area (Å²) in [5, 5.41) is 10.0. The Balaban J connectivity index is 1.45. The fraction of sp³-hybridized carbons (Fsp3) is 0.474. The van der Waals surface area contributed by atoms with Crippen LogP contribution in [0.15, 0.2) is 0 Å². The highest BCUT2D eigenvalue weighted by Crippen LogP contribution is 2.38. The van der Waals surface area contributed by atoms with Gasteiger partial charge in [0, 0.05) is 22.8 Å². The molecule has 2 amide bonds. The Bertz CT molecular complexity index is 890. The first-order chi connectivity index (χ1) is 13.1. The van der Waals surface area contributed by atoms with Crippen LogP contribution in [-0.4, -0.2) is 26.7 Å². The first-order valence-electron chi connectivity index (χ1n) is 9.52. The zero-order valence-electron chi connectivity index (χ0n) is 15.7. The highest BCUT2D eigenvalue weighted by atomic mass is 32.1. The zero-order chi connectivity index (χ0) is 19.0. The lowest BCUT2D eigenvalue weighted by Crippen LogP contribution is -2.31. The molecule has 1 aliphatic carbocycles. The van der Waals surface area contributed by atoms with E-state index in [1.165, 1.54) is 25.7 Å². The Labute approximate surface area is 168 Å². The van der Waals surface area contributed by atoms with Gasteiger partial charge in [-0.2, -0.15) is 11.3 Å². The Morgan fingerprint density at radius 3 is 2.96 bits per heavy atom. The topological polar surface area (TPSA) is 70.2 Å². The highest BCUT2D eigenvalue weighted by Gasteiger charge is 2.25. The van der Waals surface area contributed by atoms with Crippen LogP contribution in [0.1, 0.15) is 50.1 Å². The molecule has 0 spiro atoms. The quantitative estimate of drug-likeness (QED) is 0.542. The maximum Gasteiger partial charge on any atom is 0.320 e. The lowest BCUT2D eigenvalue weighted by atomic mass is 9.88. The zero-order valence-corrected chi connectivity index (χ0v) is 17.4. The van der Waals surface area contributed by atoms with Crippen molar-refractivity contribution in [1.29, 1.82) is 0 Å². The van der Waals surface area contributed by atoms with Gasteiger partial charge in [-0.15, -0.1) is 11.3 Å². The number of hydrogen-bond donors (Lipinski definition) is 3. The van der Waals surface area contributed by atoms with E-state index in [2.05, 4.69) is 30.7 Å². The SMILES string of the molecule is Bc1sc2c(c1CNC(=O)Nc1sc3c(c1C=O)CC(C)CC3)CCNC2. The molecule has 142 valence electrons. The maximum absolute atomic E-state index is 12.5. The van der Waals surface area contributed by atoms with Gasteiger partial charge in [0.1, 0.15) is 5.00 Å². The molecule has 2 aromatic rings. The molecular formula is C19H24BN3O2S2. The van der Waals surface area contributed by atoms with Gasteiger partial charge in [-0.25, -0.2) is 4.79 Å². The number of fused-ring (bicyclic) bond motifs is 2. The third-order valence-corrected chi connectivity index (χ3v) is 7.97. The predicted molar refractivity (Wildman–Crippen MR) is 115 cm³/mol. The average molecular weight is 401 g/mol. The van der Waals surface area contributed by atoms with E-state index < -0.39 is 0 Å². The summed E-state index contributed by atoms with van der Waals surface area (Å²) >= 11 is 3.38. The minimum absolute atomic E-state index is 0.238. The first kappa shape index (κ1) is 18.7. The summed E-state index contributed by atoms with van der Waals surface area (Å²) in [5.74, 6) is 0.592. The number of urea groups is 1. The lowest BCUT2D eigenvalue weighted by Gasteiger charge is -2.17. The van der Waals surface area contributed by atoms with Crippen LogP contribution in [0, 0.1) is 5.92 Å². The molecule has 1 unspecified atom stereocenters. The largest absolute Gasteiger partial charge is 0.334 e. The summed E-state index contributed by atoms with van der Waals surface area (Å²) < 4.78 is 1.28. The van der Waals surface area contributed by atoms with Gasteiger partial charge < -0.3 is 10.6 Å². The molecule has 2 aliphatic rings. The number of thiophene rings is 2. The van der Waals surface area contributed by atoms with Crippen LogP contribution in [0.2, 0.25) is 0 Å². The number of hydrogen-bond acceptors (Lipinski definition) is 5. The molecule has 1 atom stereocenters. The van der Waals surface area contributed by atoms with Crippen LogP contribution in [0.4, 0.5) is 9.80 Å². The van der Waals surface area contributed by atoms with Gasteiger partial charge in [-0.3, -0.25) is 10.1 Å². The standard InChI is InChI=1S/C19H24BN3O2S2/c1-10-2-3-15-12(6-10)14(9-24)18(27-15)23-19(25)22-7-13-11-4-5-21-8-16(11)26-17(13)20/h9-10,21H,2-8,20H2,1H3,(H2,22,23,25). The number of aldehydes is 1. The number of carbonyl (C=O) groups excluding carboxylic acids is 2. The van der Waals surface area contributed by atoms with Crippen molar-refractivity contribution in [2.24, 2.45) is 5.92 Å². The number of amides is 2. The molecular weight excluding hydrogens is 377 g/mol. The molecule has 27 heavy (non-hydrogen) atoms. The van der Waals surface area contributed by atoms with Gasteiger partial charge in [0.2, 0.25) is 0 Å². The summed E-state index contributed by atoms with van der Waals surface area (Å²) in [6.45, 7) is 4.66. The van der Waals surface area contributed by atoms with Crippen molar-refractivity contribution in [3.63, 3.8) is 0 Å². The molecule has 3 heterocycles. The third kappa shape index (κ3) is 3.70. The fourth-order valence-electron chi connectivity index (χ4n) is 4.08. The Morgan fingerprint density at radius 1 is 1.30 bits per heavy atom. The summed E-state index contributed by atoms with van der Waals surface area (Å²) in [6.07, 6.45) is 4.99. The molecule has 3 N–H and O–H groups in total. The van der Waals surface area contributed by atoms with Gasteiger partial charge in [0.05, 0.1) is 5.56 Å². The molecule has 8 heteroatoms. The first-order valence-corrected chi connectivity index (χ1v) is 11.2. The number of nitrogens with one attached hydrogen (secondary N) is 3. The third-order valence-electron chi connectivity index (χ3n) is 5.56. The van der Waals surface area contributed by atoms with Gasteiger partial charge >= 0.3 is 6.03 Å². The highest BCUT2D eigenvalue weighted by molar-refractivity contribution is 7.20. The molecule has 0 saturated heterocycles. The van der Waals surface area contributed by atoms with Gasteiger partial charge in [0.15, 0.2) is 14.1 Å². The van der Waals surface area contributed by atoms with Crippen molar-refractivity contribution in [2.75, 3.05) is 11.9 Å². The van der Waals surface area contributed by atoms with E-state index in [0.29, 0.717) is 23.0 Å². The molecule has 5 nitrogen and oxygen atoms in total. The number of carbonyl (C=O) groups is 2. The second-order valence-electron chi connectivity index (χ2n) is 7.49. The molecule has 4 rings (SSSR count). The molecule has 0 bridgehead atoms. The van der Waals surface area contributed by atoms with Gasteiger partial charge in [-0.1, -0.05) is 6.92 Å². The lowest BCUT2D eigenvalue weighted by molar-refractivity contribution is 0.112. The fourth-order valence-corrected chi connectivity index (χ4v) is 6.50. The number of anilines is 1. The minimum Gasteiger partial charge on any atom is -0.334 e. The van der Waals surface area contributed by atoms with E-state index >= 15 is 0 Å². The molecule has 2 aromatic heterocycles. The van der Waals surface area contributed by atoms with Crippen molar-refractivity contribution in [3.05, 3.63) is 32.0 Å². The Hall–Kier alpha value is -1.64. The van der Waals surface area contributed by atoms with Crippen molar-refractivity contribution < 1.29 is 9.59 Å². The minimum atomic E-state index is -0.238. The summed E-state index contributed by atoms with van der Waals surface area (Å²) in [6, 6.07) is -0.238. The van der Waals surface area contributed by atoms with E-state index in [1.807, 2.05) is 11.3 Å². The summed E-state index contributed by atoms with van der Waals surface area (Å²) in [4.78, 5) is 26.8. The van der Waals surface area contributed by atoms with E-state index in [4.69, 9.17) is 0 Å². The van der Waals surface area contributed by atoms with E-state index in [9.17, 15) is 9.59 Å². The molecule has 0 fully saturated rings. The molecule has 1 aliphatic heterocycles. The normalized spacial score (nSPS) is 18.5. The van der Waals surface area contributed by atoms with Crippen molar-refractivity contribution >= 4 is 52.6 Å².